The molecule has 0 saturated carbocycles. The molecule has 0 heterocycles. The van der Waals surface area contributed by atoms with Crippen LogP contribution < -0.4 is 10.1 Å². The van der Waals surface area contributed by atoms with E-state index < -0.39 is 5.82 Å². The zero-order valence-corrected chi connectivity index (χ0v) is 12.1. The molecule has 0 amide bonds. The molecule has 0 spiro atoms. The summed E-state index contributed by atoms with van der Waals surface area (Å²) in [7, 11) is 1.48. The number of hydrogen-bond donors (Lipinski definition) is 2. The van der Waals surface area contributed by atoms with Gasteiger partial charge in [-0.15, -0.1) is 0 Å². The number of anilines is 1. The van der Waals surface area contributed by atoms with Crippen LogP contribution in [0.3, 0.4) is 0 Å². The number of nitrogens with one attached hydrogen (secondary N) is 1. The zero-order chi connectivity index (χ0) is 14.7. The number of phenols is 1. The van der Waals surface area contributed by atoms with Crippen LogP contribution >= 0.6 is 23.2 Å². The van der Waals surface area contributed by atoms with Crippen LogP contribution in [0.4, 0.5) is 10.1 Å². The van der Waals surface area contributed by atoms with Crippen LogP contribution in [-0.2, 0) is 6.54 Å². The minimum Gasteiger partial charge on any atom is -0.504 e. The first-order chi connectivity index (χ1) is 9.51. The maximum absolute atomic E-state index is 13.3. The number of benzene rings is 2. The Balaban J connectivity index is 2.11. The van der Waals surface area contributed by atoms with Gasteiger partial charge >= 0.3 is 0 Å². The molecule has 0 saturated heterocycles. The summed E-state index contributed by atoms with van der Waals surface area (Å²) >= 11 is 11.4. The summed E-state index contributed by atoms with van der Waals surface area (Å²) in [5, 5.41) is 12.6. The lowest BCUT2D eigenvalue weighted by Crippen LogP contribution is -2.00. The molecule has 3 nitrogen and oxygen atoms in total. The standard InChI is InChI=1S/C14H12Cl2FNO2/c1-20-13-3-2-8(4-12(13)19)7-18-9-5-10(15)14(17)11(16)6-9/h2-6,18-19H,7H2,1H3. The van der Waals surface area contributed by atoms with Gasteiger partial charge in [0.15, 0.2) is 17.3 Å². The number of halogens is 3. The van der Waals surface area contributed by atoms with Crippen molar-refractivity contribution in [2.75, 3.05) is 12.4 Å². The summed E-state index contributed by atoms with van der Waals surface area (Å²) in [6.45, 7) is 0.426. The van der Waals surface area contributed by atoms with Crippen LogP contribution in [0.1, 0.15) is 5.56 Å². The second-order valence-corrected chi connectivity index (χ2v) is 4.93. The third kappa shape index (κ3) is 3.26. The molecule has 2 N–H and O–H groups in total. The normalized spacial score (nSPS) is 10.4. The Morgan fingerprint density at radius 2 is 1.85 bits per heavy atom. The Morgan fingerprint density at radius 1 is 1.20 bits per heavy atom. The lowest BCUT2D eigenvalue weighted by Gasteiger charge is -2.10. The lowest BCUT2D eigenvalue weighted by atomic mass is 10.2. The fourth-order valence-electron chi connectivity index (χ4n) is 1.71. The third-order valence-corrected chi connectivity index (χ3v) is 3.27. The van der Waals surface area contributed by atoms with E-state index in [-0.39, 0.29) is 15.8 Å². The molecule has 0 aliphatic rings. The van der Waals surface area contributed by atoms with Gasteiger partial charge in [-0.05, 0) is 29.8 Å². The monoisotopic (exact) mass is 315 g/mol. The second-order valence-electron chi connectivity index (χ2n) is 4.11. The summed E-state index contributed by atoms with van der Waals surface area (Å²) in [4.78, 5) is 0. The van der Waals surface area contributed by atoms with Crippen molar-refractivity contribution in [3.63, 3.8) is 0 Å². The fraction of sp³-hybridized carbons (Fsp3) is 0.143. The van der Waals surface area contributed by atoms with E-state index in [0.717, 1.165) is 5.56 Å². The van der Waals surface area contributed by atoms with E-state index in [0.29, 0.717) is 18.0 Å². The predicted molar refractivity (Wildman–Crippen MR) is 78.4 cm³/mol. The van der Waals surface area contributed by atoms with Gasteiger partial charge in [-0.1, -0.05) is 29.3 Å². The van der Waals surface area contributed by atoms with Gasteiger partial charge in [-0.3, -0.25) is 0 Å². The number of phenolic OH excluding ortho intramolecular Hbond substituents is 1. The van der Waals surface area contributed by atoms with Gasteiger partial charge in [0.25, 0.3) is 0 Å². The van der Waals surface area contributed by atoms with E-state index in [4.69, 9.17) is 27.9 Å². The fourth-order valence-corrected chi connectivity index (χ4v) is 2.19. The molecule has 0 unspecified atom stereocenters. The number of hydrogen-bond acceptors (Lipinski definition) is 3. The van der Waals surface area contributed by atoms with Crippen molar-refractivity contribution in [2.24, 2.45) is 0 Å². The largest absolute Gasteiger partial charge is 0.504 e. The Bertz CT molecular complexity index is 612. The second kappa shape index (κ2) is 6.20. The topological polar surface area (TPSA) is 41.5 Å². The molecule has 2 aromatic rings. The molecule has 20 heavy (non-hydrogen) atoms. The van der Waals surface area contributed by atoms with Gasteiger partial charge in [0.2, 0.25) is 0 Å². The van der Waals surface area contributed by atoms with Gasteiger partial charge < -0.3 is 15.2 Å². The van der Waals surface area contributed by atoms with E-state index in [1.807, 2.05) is 0 Å². The molecule has 0 atom stereocenters. The van der Waals surface area contributed by atoms with Crippen molar-refractivity contribution in [1.29, 1.82) is 0 Å². The smallest absolute Gasteiger partial charge is 0.160 e. The first kappa shape index (κ1) is 14.8. The highest BCUT2D eigenvalue weighted by Crippen LogP contribution is 2.29. The van der Waals surface area contributed by atoms with Crippen LogP contribution in [0.2, 0.25) is 10.0 Å². The number of rotatable bonds is 4. The number of aromatic hydroxyl groups is 1. The van der Waals surface area contributed by atoms with Crippen molar-refractivity contribution in [3.05, 3.63) is 51.8 Å². The summed E-state index contributed by atoms with van der Waals surface area (Å²) in [6.07, 6.45) is 0. The van der Waals surface area contributed by atoms with Gasteiger partial charge in [-0.25, -0.2) is 4.39 Å². The average molecular weight is 316 g/mol. The molecule has 0 aromatic heterocycles. The van der Waals surface area contributed by atoms with Crippen LogP contribution in [0.5, 0.6) is 11.5 Å². The average Bonchev–Trinajstić information content (AvgIpc) is 2.42. The maximum atomic E-state index is 13.3. The molecular formula is C14H12Cl2FNO2. The van der Waals surface area contributed by atoms with Crippen molar-refractivity contribution in [3.8, 4) is 11.5 Å². The first-order valence-electron chi connectivity index (χ1n) is 5.75. The van der Waals surface area contributed by atoms with Crippen LogP contribution in [0, 0.1) is 5.82 Å². The molecule has 0 bridgehead atoms. The molecule has 0 aliphatic carbocycles. The highest BCUT2D eigenvalue weighted by Gasteiger charge is 2.08. The third-order valence-electron chi connectivity index (χ3n) is 2.72. The van der Waals surface area contributed by atoms with Gasteiger partial charge in [0, 0.05) is 12.2 Å². The van der Waals surface area contributed by atoms with E-state index in [2.05, 4.69) is 5.32 Å². The van der Waals surface area contributed by atoms with Crippen molar-refractivity contribution >= 4 is 28.9 Å². The minimum absolute atomic E-state index is 0.0439. The van der Waals surface area contributed by atoms with E-state index >= 15 is 0 Å². The first-order valence-corrected chi connectivity index (χ1v) is 6.51. The van der Waals surface area contributed by atoms with Crippen molar-refractivity contribution < 1.29 is 14.2 Å². The number of methoxy groups -OCH3 is 1. The molecule has 2 aromatic carbocycles. The van der Waals surface area contributed by atoms with E-state index in [9.17, 15) is 9.50 Å². The minimum atomic E-state index is -0.638. The Kier molecular flexibility index (Phi) is 4.57. The molecule has 2 rings (SSSR count). The Morgan fingerprint density at radius 3 is 2.40 bits per heavy atom. The summed E-state index contributed by atoms with van der Waals surface area (Å²) in [6, 6.07) is 7.95. The summed E-state index contributed by atoms with van der Waals surface area (Å²) in [5.41, 5.74) is 1.43. The Hall–Kier alpha value is -1.65. The highest BCUT2D eigenvalue weighted by atomic mass is 35.5. The van der Waals surface area contributed by atoms with E-state index in [1.165, 1.54) is 19.2 Å². The molecule has 0 fully saturated rings. The van der Waals surface area contributed by atoms with E-state index in [1.54, 1.807) is 18.2 Å². The predicted octanol–water partition coefficient (Wildman–Crippen LogP) is 4.46. The summed E-state index contributed by atoms with van der Waals surface area (Å²) in [5.74, 6) is -0.176. The highest BCUT2D eigenvalue weighted by molar-refractivity contribution is 6.35. The van der Waals surface area contributed by atoms with Crippen LogP contribution in [0.25, 0.3) is 0 Å². The zero-order valence-electron chi connectivity index (χ0n) is 10.6. The summed E-state index contributed by atoms with van der Waals surface area (Å²) < 4.78 is 18.2. The van der Waals surface area contributed by atoms with Gasteiger partial charge in [0.1, 0.15) is 0 Å². The maximum Gasteiger partial charge on any atom is 0.160 e. The van der Waals surface area contributed by atoms with Crippen molar-refractivity contribution in [2.45, 2.75) is 6.54 Å². The van der Waals surface area contributed by atoms with Gasteiger partial charge in [0.05, 0.1) is 17.2 Å². The Labute approximate surface area is 125 Å². The van der Waals surface area contributed by atoms with Crippen LogP contribution in [-0.4, -0.2) is 12.2 Å². The van der Waals surface area contributed by atoms with Gasteiger partial charge in [-0.2, -0.15) is 0 Å². The molecule has 106 valence electrons. The molecule has 0 radical (unpaired) electrons. The number of ether oxygens (including phenoxy) is 1. The lowest BCUT2D eigenvalue weighted by molar-refractivity contribution is 0.373. The van der Waals surface area contributed by atoms with Crippen LogP contribution in [0.15, 0.2) is 30.3 Å². The molecule has 0 aliphatic heterocycles. The molecular weight excluding hydrogens is 304 g/mol. The van der Waals surface area contributed by atoms with Crippen molar-refractivity contribution in [1.82, 2.24) is 0 Å². The quantitative estimate of drug-likeness (QED) is 0.818. The molecule has 6 heteroatoms. The SMILES string of the molecule is COc1ccc(CNc2cc(Cl)c(F)c(Cl)c2)cc1O.